The lowest BCUT2D eigenvalue weighted by Gasteiger charge is -2.18. The summed E-state index contributed by atoms with van der Waals surface area (Å²) in [5.74, 6) is -0.394. The summed E-state index contributed by atoms with van der Waals surface area (Å²) >= 11 is 0. The van der Waals surface area contributed by atoms with E-state index in [4.69, 9.17) is 4.42 Å². The van der Waals surface area contributed by atoms with Gasteiger partial charge in [0.05, 0.1) is 11.9 Å². The highest BCUT2D eigenvalue weighted by molar-refractivity contribution is 6.01. The second kappa shape index (κ2) is 7.33. The lowest BCUT2D eigenvalue weighted by molar-refractivity contribution is -0.137. The Balaban J connectivity index is 1.51. The molecule has 0 spiro atoms. The molecular weight excluding hydrogens is 399 g/mol. The highest BCUT2D eigenvalue weighted by Gasteiger charge is 2.30. The summed E-state index contributed by atoms with van der Waals surface area (Å²) in [5.41, 5.74) is 0.330. The second-order valence-corrected chi connectivity index (χ2v) is 6.90. The Kier molecular flexibility index (Phi) is 4.81. The third-order valence-corrected chi connectivity index (χ3v) is 4.78. The second-order valence-electron chi connectivity index (χ2n) is 6.90. The summed E-state index contributed by atoms with van der Waals surface area (Å²) in [6, 6.07) is 11.7. The van der Waals surface area contributed by atoms with Gasteiger partial charge in [0.2, 0.25) is 11.5 Å². The van der Waals surface area contributed by atoms with E-state index in [0.717, 1.165) is 16.7 Å². The lowest BCUT2D eigenvalue weighted by Crippen LogP contribution is -2.33. The number of carbonyl (C=O) groups excluding carboxylic acids is 1. The molecule has 0 radical (unpaired) electrons. The number of carbonyl (C=O) groups is 1. The normalized spacial score (nSPS) is 11.9. The number of alkyl halides is 3. The number of rotatable bonds is 4. The van der Waals surface area contributed by atoms with Crippen molar-refractivity contribution < 1.29 is 22.4 Å². The van der Waals surface area contributed by atoms with Crippen LogP contribution in [0.5, 0.6) is 0 Å². The molecule has 0 saturated carbocycles. The molecule has 154 valence electrons. The molecule has 2 aromatic heterocycles. The molecule has 0 N–H and O–H groups in total. The van der Waals surface area contributed by atoms with Crippen molar-refractivity contribution in [3.63, 3.8) is 0 Å². The maximum absolute atomic E-state index is 12.7. The standard InChI is InChI=1S/C21H16F3N3O3/c1-26(10-13-6-8-14(9-7-13)21(22,23)24)17(28)11-27-12-25-18-15-4-2-3-5-16(15)30-19(18)20(27)29/h2-9,12H,10-11H2,1H3. The highest BCUT2D eigenvalue weighted by Crippen LogP contribution is 2.29. The summed E-state index contributed by atoms with van der Waals surface area (Å²) in [6.07, 6.45) is -3.12. The van der Waals surface area contributed by atoms with Crippen LogP contribution in [0.3, 0.4) is 0 Å². The largest absolute Gasteiger partial charge is 0.448 e. The molecule has 0 fully saturated rings. The van der Waals surface area contributed by atoms with Gasteiger partial charge >= 0.3 is 6.18 Å². The Morgan fingerprint density at radius 1 is 1.13 bits per heavy atom. The molecule has 1 amide bonds. The predicted molar refractivity (Wildman–Crippen MR) is 104 cm³/mol. The molecule has 0 bridgehead atoms. The minimum atomic E-state index is -4.41. The summed E-state index contributed by atoms with van der Waals surface area (Å²) in [4.78, 5) is 30.8. The van der Waals surface area contributed by atoms with Gasteiger partial charge in [0, 0.05) is 19.0 Å². The number of likely N-dealkylation sites (N-methyl/N-ethyl adjacent to an activating group) is 1. The monoisotopic (exact) mass is 415 g/mol. The van der Waals surface area contributed by atoms with Crippen LogP contribution >= 0.6 is 0 Å². The number of para-hydroxylation sites is 1. The van der Waals surface area contributed by atoms with E-state index in [2.05, 4.69) is 4.98 Å². The van der Waals surface area contributed by atoms with Crippen LogP contribution in [-0.4, -0.2) is 27.4 Å². The maximum atomic E-state index is 12.7. The topological polar surface area (TPSA) is 68.3 Å². The molecule has 0 aliphatic carbocycles. The first-order chi connectivity index (χ1) is 14.2. The minimum absolute atomic E-state index is 0.0666. The number of aromatic nitrogens is 2. The van der Waals surface area contributed by atoms with Gasteiger partial charge in [0.25, 0.3) is 5.56 Å². The number of halogens is 3. The van der Waals surface area contributed by atoms with Crippen LogP contribution < -0.4 is 5.56 Å². The fraction of sp³-hybridized carbons (Fsp3) is 0.190. The molecule has 0 atom stereocenters. The third-order valence-electron chi connectivity index (χ3n) is 4.78. The van der Waals surface area contributed by atoms with Gasteiger partial charge in [-0.1, -0.05) is 24.3 Å². The summed E-state index contributed by atoms with van der Waals surface area (Å²) < 4.78 is 44.7. The Bertz CT molecular complexity index is 1290. The Morgan fingerprint density at radius 3 is 2.53 bits per heavy atom. The molecule has 0 saturated heterocycles. The van der Waals surface area contributed by atoms with E-state index in [-0.39, 0.29) is 18.7 Å². The van der Waals surface area contributed by atoms with E-state index in [1.807, 2.05) is 6.07 Å². The van der Waals surface area contributed by atoms with Gasteiger partial charge in [-0.15, -0.1) is 0 Å². The SMILES string of the molecule is CN(Cc1ccc(C(F)(F)F)cc1)C(=O)Cn1cnc2c(oc3ccccc32)c1=O. The van der Waals surface area contributed by atoms with Gasteiger partial charge in [-0.2, -0.15) is 13.2 Å². The number of benzene rings is 2. The molecule has 4 aromatic rings. The van der Waals surface area contributed by atoms with E-state index in [1.165, 1.54) is 30.4 Å². The van der Waals surface area contributed by atoms with Crippen molar-refractivity contribution in [3.05, 3.63) is 76.3 Å². The van der Waals surface area contributed by atoms with E-state index in [9.17, 15) is 22.8 Å². The molecular formula is C21H16F3N3O3. The summed E-state index contributed by atoms with van der Waals surface area (Å²) in [7, 11) is 1.51. The van der Waals surface area contributed by atoms with Crippen LogP contribution in [0.2, 0.25) is 0 Å². The molecule has 4 rings (SSSR count). The van der Waals surface area contributed by atoms with Crippen molar-refractivity contribution in [2.24, 2.45) is 0 Å². The van der Waals surface area contributed by atoms with E-state index >= 15 is 0 Å². The van der Waals surface area contributed by atoms with E-state index in [0.29, 0.717) is 22.0 Å². The highest BCUT2D eigenvalue weighted by atomic mass is 19.4. The van der Waals surface area contributed by atoms with Crippen LogP contribution in [0.4, 0.5) is 13.2 Å². The molecule has 2 aromatic carbocycles. The minimum Gasteiger partial charge on any atom is -0.448 e. The molecule has 6 nitrogen and oxygen atoms in total. The quantitative estimate of drug-likeness (QED) is 0.508. The smallest absolute Gasteiger partial charge is 0.416 e. The van der Waals surface area contributed by atoms with Crippen molar-refractivity contribution in [1.29, 1.82) is 0 Å². The van der Waals surface area contributed by atoms with Crippen molar-refractivity contribution in [2.45, 2.75) is 19.3 Å². The average Bonchev–Trinajstić information content (AvgIpc) is 3.09. The zero-order chi connectivity index (χ0) is 21.5. The number of amides is 1. The van der Waals surface area contributed by atoms with Gasteiger partial charge in [0.15, 0.2) is 0 Å². The number of nitrogens with zero attached hydrogens (tertiary/aromatic N) is 3. The van der Waals surface area contributed by atoms with Crippen molar-refractivity contribution >= 4 is 28.0 Å². The van der Waals surface area contributed by atoms with Crippen molar-refractivity contribution in [2.75, 3.05) is 7.05 Å². The third kappa shape index (κ3) is 3.66. The van der Waals surface area contributed by atoms with Gasteiger partial charge in [-0.25, -0.2) is 4.98 Å². The van der Waals surface area contributed by atoms with Gasteiger partial charge in [-0.3, -0.25) is 14.2 Å². The fourth-order valence-electron chi connectivity index (χ4n) is 3.16. The van der Waals surface area contributed by atoms with Crippen molar-refractivity contribution in [3.8, 4) is 0 Å². The van der Waals surface area contributed by atoms with Crippen LogP contribution in [0.1, 0.15) is 11.1 Å². The number of furan rings is 1. The van der Waals surface area contributed by atoms with Crippen LogP contribution in [0.25, 0.3) is 22.1 Å². The number of fused-ring (bicyclic) bond motifs is 3. The van der Waals surface area contributed by atoms with Crippen LogP contribution in [0.15, 0.2) is 64.1 Å². The Morgan fingerprint density at radius 2 is 1.83 bits per heavy atom. The molecule has 0 unspecified atom stereocenters. The molecule has 30 heavy (non-hydrogen) atoms. The Labute approximate surface area is 168 Å². The first-order valence-corrected chi connectivity index (χ1v) is 9.01. The maximum Gasteiger partial charge on any atom is 0.416 e. The Hall–Kier alpha value is -3.62. The van der Waals surface area contributed by atoms with Crippen molar-refractivity contribution in [1.82, 2.24) is 14.5 Å². The zero-order valence-corrected chi connectivity index (χ0v) is 15.8. The first kappa shape index (κ1) is 19.7. The average molecular weight is 415 g/mol. The first-order valence-electron chi connectivity index (χ1n) is 9.01. The van der Waals surface area contributed by atoms with Gasteiger partial charge in [0.1, 0.15) is 17.6 Å². The summed E-state index contributed by atoms with van der Waals surface area (Å²) in [5, 5.41) is 0.711. The van der Waals surface area contributed by atoms with E-state index < -0.39 is 23.2 Å². The van der Waals surface area contributed by atoms with Gasteiger partial charge in [-0.05, 0) is 29.8 Å². The van der Waals surface area contributed by atoms with E-state index in [1.54, 1.807) is 18.2 Å². The zero-order valence-electron chi connectivity index (χ0n) is 15.8. The molecule has 9 heteroatoms. The van der Waals surface area contributed by atoms with Crippen LogP contribution in [0, 0.1) is 0 Å². The van der Waals surface area contributed by atoms with Crippen LogP contribution in [-0.2, 0) is 24.1 Å². The summed E-state index contributed by atoms with van der Waals surface area (Å²) in [6.45, 7) is -0.165. The molecule has 0 aliphatic heterocycles. The molecule has 0 aliphatic rings. The fourth-order valence-corrected chi connectivity index (χ4v) is 3.16. The predicted octanol–water partition coefficient (Wildman–Crippen LogP) is 3.82. The number of hydrogen-bond donors (Lipinski definition) is 0. The molecule has 2 heterocycles. The van der Waals surface area contributed by atoms with Gasteiger partial charge < -0.3 is 9.32 Å². The lowest BCUT2D eigenvalue weighted by atomic mass is 10.1. The number of hydrogen-bond acceptors (Lipinski definition) is 4.